The number of hydrogen-bond donors (Lipinski definition) is 0. The van der Waals surface area contributed by atoms with E-state index in [2.05, 4.69) is 9.97 Å². The van der Waals surface area contributed by atoms with Crippen LogP contribution in [-0.4, -0.2) is 15.9 Å². The van der Waals surface area contributed by atoms with E-state index in [4.69, 9.17) is 4.74 Å². The molecule has 1 atom stereocenters. The van der Waals surface area contributed by atoms with Crippen molar-refractivity contribution in [3.05, 3.63) is 52.0 Å². The largest absolute Gasteiger partial charge is 0.426 e. The summed E-state index contributed by atoms with van der Waals surface area (Å²) in [5.74, 6) is -0.100. The fraction of sp³-hybridized carbons (Fsp3) is 0.235. The van der Waals surface area contributed by atoms with Gasteiger partial charge in [0.1, 0.15) is 22.2 Å². The average Bonchev–Trinajstić information content (AvgIpc) is 2.90. The second-order valence-electron chi connectivity index (χ2n) is 5.65. The van der Waals surface area contributed by atoms with Gasteiger partial charge in [-0.3, -0.25) is 4.79 Å². The van der Waals surface area contributed by atoms with Crippen molar-refractivity contribution in [3.63, 3.8) is 0 Å². The highest BCUT2D eigenvalue weighted by molar-refractivity contribution is 7.18. The van der Waals surface area contributed by atoms with Crippen LogP contribution in [0.15, 0.2) is 24.3 Å². The molecule has 0 saturated carbocycles. The molecule has 0 aliphatic carbocycles. The SMILES string of the molecule is Cc1nc(C)c2cc(C3Cc4ccc(F)cc4OC3=O)sc2n1. The predicted molar refractivity (Wildman–Crippen MR) is 85.4 cm³/mol. The van der Waals surface area contributed by atoms with Crippen molar-refractivity contribution in [3.8, 4) is 5.75 Å². The number of ether oxygens (including phenoxy) is 1. The number of aromatic nitrogens is 2. The van der Waals surface area contributed by atoms with Crippen LogP contribution in [0.1, 0.15) is 27.9 Å². The zero-order chi connectivity index (χ0) is 16.1. The summed E-state index contributed by atoms with van der Waals surface area (Å²) in [6.07, 6.45) is 0.507. The molecule has 6 heteroatoms. The first kappa shape index (κ1) is 14.3. The van der Waals surface area contributed by atoms with Gasteiger partial charge in [-0.15, -0.1) is 11.3 Å². The summed E-state index contributed by atoms with van der Waals surface area (Å²) < 4.78 is 18.6. The van der Waals surface area contributed by atoms with Gasteiger partial charge in [0.25, 0.3) is 0 Å². The van der Waals surface area contributed by atoms with Crippen LogP contribution in [-0.2, 0) is 11.2 Å². The van der Waals surface area contributed by atoms with Crippen LogP contribution in [0, 0.1) is 19.7 Å². The standard InChI is InChI=1S/C17H13FN2O2S/c1-8-12-7-15(23-16(12)20-9(2)19-8)13-5-10-3-4-11(18)6-14(10)22-17(13)21/h3-4,6-7,13H,5H2,1-2H3. The molecule has 0 radical (unpaired) electrons. The van der Waals surface area contributed by atoms with Gasteiger partial charge in [0.05, 0.1) is 5.92 Å². The Morgan fingerprint density at radius 3 is 2.91 bits per heavy atom. The molecule has 23 heavy (non-hydrogen) atoms. The summed E-state index contributed by atoms with van der Waals surface area (Å²) in [7, 11) is 0. The molecule has 0 saturated heterocycles. The fourth-order valence-electron chi connectivity index (χ4n) is 2.88. The van der Waals surface area contributed by atoms with E-state index >= 15 is 0 Å². The van der Waals surface area contributed by atoms with Gasteiger partial charge in [-0.2, -0.15) is 0 Å². The Kier molecular flexibility index (Phi) is 3.16. The zero-order valence-electron chi connectivity index (χ0n) is 12.6. The van der Waals surface area contributed by atoms with Crippen molar-refractivity contribution in [2.45, 2.75) is 26.2 Å². The molecule has 0 N–H and O–H groups in total. The van der Waals surface area contributed by atoms with Crippen LogP contribution in [0.5, 0.6) is 5.75 Å². The number of esters is 1. The van der Waals surface area contributed by atoms with Crippen molar-refractivity contribution in [2.24, 2.45) is 0 Å². The van der Waals surface area contributed by atoms with Crippen LogP contribution >= 0.6 is 11.3 Å². The van der Waals surface area contributed by atoms with Crippen molar-refractivity contribution in [2.75, 3.05) is 0 Å². The molecule has 3 heterocycles. The number of hydrogen-bond acceptors (Lipinski definition) is 5. The maximum atomic E-state index is 13.3. The van der Waals surface area contributed by atoms with Crippen molar-refractivity contribution in [1.82, 2.24) is 9.97 Å². The molecule has 0 spiro atoms. The minimum absolute atomic E-state index is 0.319. The van der Waals surface area contributed by atoms with Gasteiger partial charge in [-0.05, 0) is 38.0 Å². The van der Waals surface area contributed by atoms with Crippen LogP contribution < -0.4 is 4.74 Å². The Morgan fingerprint density at radius 1 is 1.26 bits per heavy atom. The summed E-state index contributed by atoms with van der Waals surface area (Å²) in [6, 6.07) is 6.29. The number of carbonyl (C=O) groups excluding carboxylic acids is 1. The Bertz CT molecular complexity index is 951. The monoisotopic (exact) mass is 328 g/mol. The van der Waals surface area contributed by atoms with Crippen molar-refractivity contribution in [1.29, 1.82) is 0 Å². The molecule has 4 nitrogen and oxygen atoms in total. The molecule has 1 unspecified atom stereocenters. The van der Waals surface area contributed by atoms with Gasteiger partial charge in [0, 0.05) is 22.0 Å². The molecule has 3 aromatic rings. The first-order valence-electron chi connectivity index (χ1n) is 7.26. The first-order valence-corrected chi connectivity index (χ1v) is 8.08. The molecule has 2 aromatic heterocycles. The lowest BCUT2D eigenvalue weighted by Gasteiger charge is -2.22. The second kappa shape index (κ2) is 5.09. The lowest BCUT2D eigenvalue weighted by molar-refractivity contribution is -0.137. The summed E-state index contributed by atoms with van der Waals surface area (Å²) in [6.45, 7) is 3.79. The van der Waals surface area contributed by atoms with Crippen LogP contribution in [0.3, 0.4) is 0 Å². The number of thiophene rings is 1. The number of benzene rings is 1. The minimum atomic E-state index is -0.404. The normalized spacial score (nSPS) is 17.2. The first-order chi connectivity index (χ1) is 11.0. The van der Waals surface area contributed by atoms with E-state index in [0.29, 0.717) is 12.2 Å². The molecule has 1 aromatic carbocycles. The smallest absolute Gasteiger partial charge is 0.320 e. The van der Waals surface area contributed by atoms with Gasteiger partial charge < -0.3 is 4.74 Å². The van der Waals surface area contributed by atoms with E-state index in [9.17, 15) is 9.18 Å². The highest BCUT2D eigenvalue weighted by Crippen LogP contribution is 2.38. The summed E-state index contributed by atoms with van der Waals surface area (Å²) in [5.41, 5.74) is 1.74. The fourth-order valence-corrected chi connectivity index (χ4v) is 4.10. The van der Waals surface area contributed by atoms with E-state index < -0.39 is 5.82 Å². The summed E-state index contributed by atoms with van der Waals surface area (Å²) >= 11 is 1.49. The average molecular weight is 328 g/mol. The molecular formula is C17H13FN2O2S. The van der Waals surface area contributed by atoms with E-state index in [1.165, 1.54) is 23.5 Å². The Balaban J connectivity index is 1.77. The molecule has 4 rings (SSSR count). The van der Waals surface area contributed by atoms with Gasteiger partial charge in [0.2, 0.25) is 0 Å². The van der Waals surface area contributed by atoms with Gasteiger partial charge in [-0.1, -0.05) is 6.07 Å². The van der Waals surface area contributed by atoms with Crippen LogP contribution in [0.2, 0.25) is 0 Å². The Hall–Kier alpha value is -2.34. The van der Waals surface area contributed by atoms with Gasteiger partial charge in [0.15, 0.2) is 0 Å². The topological polar surface area (TPSA) is 52.1 Å². The molecule has 116 valence electrons. The van der Waals surface area contributed by atoms with E-state index in [-0.39, 0.29) is 11.9 Å². The van der Waals surface area contributed by atoms with Crippen molar-refractivity contribution < 1.29 is 13.9 Å². The Labute approximate surface area is 136 Å². The molecule has 0 fully saturated rings. The number of rotatable bonds is 1. The van der Waals surface area contributed by atoms with Crippen LogP contribution in [0.25, 0.3) is 10.2 Å². The zero-order valence-corrected chi connectivity index (χ0v) is 13.4. The molecule has 0 amide bonds. The number of aryl methyl sites for hydroxylation is 2. The maximum Gasteiger partial charge on any atom is 0.320 e. The number of halogens is 1. The molecule has 1 aliphatic rings. The third-order valence-corrected chi connectivity index (χ3v) is 5.15. The molecular weight excluding hydrogens is 315 g/mol. The predicted octanol–water partition coefficient (Wildman–Crippen LogP) is 3.69. The highest BCUT2D eigenvalue weighted by Gasteiger charge is 2.31. The van der Waals surface area contributed by atoms with Crippen molar-refractivity contribution >= 4 is 27.5 Å². The molecule has 1 aliphatic heterocycles. The van der Waals surface area contributed by atoms with Crippen LogP contribution in [0.4, 0.5) is 4.39 Å². The van der Waals surface area contributed by atoms with Gasteiger partial charge >= 0.3 is 5.97 Å². The van der Waals surface area contributed by atoms with Gasteiger partial charge in [-0.25, -0.2) is 14.4 Å². The van der Waals surface area contributed by atoms with E-state index in [1.54, 1.807) is 6.07 Å². The quantitative estimate of drug-likeness (QED) is 0.505. The molecule has 0 bridgehead atoms. The number of nitrogens with zero attached hydrogens (tertiary/aromatic N) is 2. The Morgan fingerprint density at radius 2 is 2.09 bits per heavy atom. The number of fused-ring (bicyclic) bond motifs is 2. The summed E-state index contributed by atoms with van der Waals surface area (Å²) in [5, 5.41) is 0.966. The second-order valence-corrected chi connectivity index (χ2v) is 6.72. The minimum Gasteiger partial charge on any atom is -0.426 e. The lowest BCUT2D eigenvalue weighted by atomic mass is 9.94. The third kappa shape index (κ3) is 2.39. The lowest BCUT2D eigenvalue weighted by Crippen LogP contribution is -2.25. The number of carbonyl (C=O) groups is 1. The third-order valence-electron chi connectivity index (χ3n) is 4.01. The summed E-state index contributed by atoms with van der Waals surface area (Å²) in [4.78, 5) is 22.9. The highest BCUT2D eigenvalue weighted by atomic mass is 32.1. The van der Waals surface area contributed by atoms with E-state index in [1.807, 2.05) is 19.9 Å². The maximum absolute atomic E-state index is 13.3. The van der Waals surface area contributed by atoms with E-state index in [0.717, 1.165) is 32.2 Å².